The van der Waals surface area contributed by atoms with Crippen LogP contribution in [0.2, 0.25) is 0 Å². The van der Waals surface area contributed by atoms with Crippen LogP contribution in [0.15, 0.2) is 12.4 Å². The lowest BCUT2D eigenvalue weighted by molar-refractivity contribution is 0.227. The molecule has 0 saturated carbocycles. The molecular formula is C13H26Cl2N4. The summed E-state index contributed by atoms with van der Waals surface area (Å²) in [5, 5.41) is 7.68. The van der Waals surface area contributed by atoms with E-state index in [1.807, 2.05) is 17.9 Å². The fourth-order valence-corrected chi connectivity index (χ4v) is 2.53. The molecule has 2 heterocycles. The van der Waals surface area contributed by atoms with Crippen molar-refractivity contribution in [2.24, 2.45) is 7.05 Å². The molecule has 1 atom stereocenters. The van der Waals surface area contributed by atoms with E-state index in [1.54, 1.807) is 0 Å². The van der Waals surface area contributed by atoms with Crippen LogP contribution in [0.4, 0.5) is 0 Å². The average molecular weight is 309 g/mol. The van der Waals surface area contributed by atoms with Crippen LogP contribution in [0.1, 0.15) is 24.8 Å². The molecule has 1 aliphatic heterocycles. The van der Waals surface area contributed by atoms with Gasteiger partial charge < -0.3 is 10.2 Å². The Morgan fingerprint density at radius 3 is 2.84 bits per heavy atom. The largest absolute Gasteiger partial charge is 0.317 e. The molecule has 112 valence electrons. The van der Waals surface area contributed by atoms with Gasteiger partial charge >= 0.3 is 0 Å². The summed E-state index contributed by atoms with van der Waals surface area (Å²) in [6.45, 7) is 3.49. The first-order valence-electron chi connectivity index (χ1n) is 6.64. The van der Waals surface area contributed by atoms with Crippen LogP contribution in [0.5, 0.6) is 0 Å². The van der Waals surface area contributed by atoms with Crippen molar-refractivity contribution in [3.63, 3.8) is 0 Å². The molecule has 1 aromatic heterocycles. The van der Waals surface area contributed by atoms with Crippen LogP contribution in [-0.2, 0) is 13.5 Å². The number of rotatable bonds is 4. The van der Waals surface area contributed by atoms with Crippen molar-refractivity contribution >= 4 is 24.8 Å². The normalized spacial score (nSPS) is 19.4. The zero-order chi connectivity index (χ0) is 12.1. The third kappa shape index (κ3) is 6.13. The molecule has 1 saturated heterocycles. The average Bonchev–Trinajstić information content (AvgIpc) is 2.58. The van der Waals surface area contributed by atoms with Crippen LogP contribution in [0.25, 0.3) is 0 Å². The van der Waals surface area contributed by atoms with Crippen molar-refractivity contribution in [2.45, 2.75) is 31.7 Å². The summed E-state index contributed by atoms with van der Waals surface area (Å²) in [5.41, 5.74) is 1.34. The van der Waals surface area contributed by atoms with E-state index in [9.17, 15) is 0 Å². The highest BCUT2D eigenvalue weighted by Gasteiger charge is 2.16. The highest BCUT2D eigenvalue weighted by molar-refractivity contribution is 5.85. The summed E-state index contributed by atoms with van der Waals surface area (Å²) in [7, 11) is 4.23. The van der Waals surface area contributed by atoms with E-state index in [0.29, 0.717) is 0 Å². The zero-order valence-electron chi connectivity index (χ0n) is 11.8. The number of likely N-dealkylation sites (N-methyl/N-ethyl adjacent to an activating group) is 1. The van der Waals surface area contributed by atoms with E-state index >= 15 is 0 Å². The van der Waals surface area contributed by atoms with E-state index in [0.717, 1.165) is 19.0 Å². The van der Waals surface area contributed by atoms with Gasteiger partial charge in [0.05, 0.1) is 6.20 Å². The Kier molecular flexibility index (Phi) is 9.44. The Morgan fingerprint density at radius 1 is 1.37 bits per heavy atom. The molecule has 0 radical (unpaired) electrons. The molecule has 1 fully saturated rings. The van der Waals surface area contributed by atoms with Gasteiger partial charge in [-0.2, -0.15) is 5.10 Å². The predicted octanol–water partition coefficient (Wildman–Crippen LogP) is 1.88. The highest BCUT2D eigenvalue weighted by Crippen LogP contribution is 2.12. The molecule has 6 heteroatoms. The maximum atomic E-state index is 4.21. The number of hydrogen-bond acceptors (Lipinski definition) is 3. The van der Waals surface area contributed by atoms with Crippen molar-refractivity contribution in [2.75, 3.05) is 26.7 Å². The van der Waals surface area contributed by atoms with Gasteiger partial charge in [-0.3, -0.25) is 4.68 Å². The van der Waals surface area contributed by atoms with E-state index in [-0.39, 0.29) is 24.8 Å². The fourth-order valence-electron chi connectivity index (χ4n) is 2.53. The predicted molar refractivity (Wildman–Crippen MR) is 84.5 cm³/mol. The summed E-state index contributed by atoms with van der Waals surface area (Å²) in [4.78, 5) is 2.51. The molecule has 19 heavy (non-hydrogen) atoms. The summed E-state index contributed by atoms with van der Waals surface area (Å²) in [5.74, 6) is 0. The van der Waals surface area contributed by atoms with E-state index in [4.69, 9.17) is 0 Å². The topological polar surface area (TPSA) is 33.1 Å². The van der Waals surface area contributed by atoms with Gasteiger partial charge in [-0.1, -0.05) is 0 Å². The maximum Gasteiger partial charge on any atom is 0.0522 e. The van der Waals surface area contributed by atoms with Crippen molar-refractivity contribution in [3.8, 4) is 0 Å². The summed E-state index contributed by atoms with van der Waals surface area (Å²) < 4.78 is 1.88. The van der Waals surface area contributed by atoms with Gasteiger partial charge in [0, 0.05) is 25.8 Å². The van der Waals surface area contributed by atoms with E-state index in [1.165, 1.54) is 37.9 Å². The zero-order valence-corrected chi connectivity index (χ0v) is 13.5. The highest BCUT2D eigenvalue weighted by atomic mass is 35.5. The second-order valence-electron chi connectivity index (χ2n) is 5.09. The minimum atomic E-state index is 0. The SMILES string of the molecule is CN(CCc1cnn(C)c1)C1CCCNCC1.Cl.Cl. The molecular weight excluding hydrogens is 283 g/mol. The first-order valence-corrected chi connectivity index (χ1v) is 6.64. The number of nitrogens with one attached hydrogen (secondary N) is 1. The molecule has 2 rings (SSSR count). The quantitative estimate of drug-likeness (QED) is 0.922. The van der Waals surface area contributed by atoms with E-state index < -0.39 is 0 Å². The van der Waals surface area contributed by atoms with Gasteiger partial charge in [0.2, 0.25) is 0 Å². The Bertz CT molecular complexity index is 335. The van der Waals surface area contributed by atoms with Crippen molar-refractivity contribution in [1.82, 2.24) is 20.0 Å². The van der Waals surface area contributed by atoms with E-state index in [2.05, 4.69) is 28.6 Å². The minimum absolute atomic E-state index is 0. The van der Waals surface area contributed by atoms with Gasteiger partial charge in [0.1, 0.15) is 0 Å². The minimum Gasteiger partial charge on any atom is -0.317 e. The van der Waals surface area contributed by atoms with Crippen molar-refractivity contribution in [3.05, 3.63) is 18.0 Å². The molecule has 0 aliphatic carbocycles. The number of halogens is 2. The Hall–Kier alpha value is -0.290. The van der Waals surface area contributed by atoms with Crippen LogP contribution in [-0.4, -0.2) is 47.4 Å². The van der Waals surface area contributed by atoms with Gasteiger partial charge in [-0.15, -0.1) is 24.8 Å². The molecule has 0 aromatic carbocycles. The summed E-state index contributed by atoms with van der Waals surface area (Å²) >= 11 is 0. The summed E-state index contributed by atoms with van der Waals surface area (Å²) in [6.07, 6.45) is 9.11. The smallest absolute Gasteiger partial charge is 0.0522 e. The van der Waals surface area contributed by atoms with Gasteiger partial charge in [0.25, 0.3) is 0 Å². The Morgan fingerprint density at radius 2 is 2.16 bits per heavy atom. The number of aromatic nitrogens is 2. The lowest BCUT2D eigenvalue weighted by Crippen LogP contribution is -2.34. The molecule has 1 aliphatic rings. The maximum absolute atomic E-state index is 4.21. The van der Waals surface area contributed by atoms with Crippen molar-refractivity contribution in [1.29, 1.82) is 0 Å². The Balaban J connectivity index is 0.00000162. The lowest BCUT2D eigenvalue weighted by atomic mass is 10.1. The second kappa shape index (κ2) is 9.59. The molecule has 1 unspecified atom stereocenters. The van der Waals surface area contributed by atoms with Crippen LogP contribution < -0.4 is 5.32 Å². The van der Waals surface area contributed by atoms with Gasteiger partial charge in [-0.25, -0.2) is 0 Å². The van der Waals surface area contributed by atoms with Gasteiger partial charge in [0.15, 0.2) is 0 Å². The second-order valence-corrected chi connectivity index (χ2v) is 5.09. The number of hydrogen-bond donors (Lipinski definition) is 1. The molecule has 0 spiro atoms. The van der Waals surface area contributed by atoms with Gasteiger partial charge in [-0.05, 0) is 51.4 Å². The number of aryl methyl sites for hydroxylation is 1. The van der Waals surface area contributed by atoms with Crippen LogP contribution in [0.3, 0.4) is 0 Å². The Labute approximate surface area is 128 Å². The molecule has 1 aromatic rings. The monoisotopic (exact) mass is 308 g/mol. The third-order valence-corrected chi connectivity index (χ3v) is 3.68. The van der Waals surface area contributed by atoms with Crippen molar-refractivity contribution < 1.29 is 0 Å². The number of nitrogens with zero attached hydrogens (tertiary/aromatic N) is 3. The molecule has 4 nitrogen and oxygen atoms in total. The first-order chi connectivity index (χ1) is 8.25. The standard InChI is InChI=1S/C13H24N4.2ClH/c1-16(13-4-3-7-14-8-5-13)9-6-12-10-15-17(2)11-12;;/h10-11,13-14H,3-9H2,1-2H3;2*1H. The van der Waals surface area contributed by atoms with Crippen LogP contribution >= 0.6 is 24.8 Å². The molecule has 0 amide bonds. The molecule has 0 bridgehead atoms. The summed E-state index contributed by atoms with van der Waals surface area (Å²) in [6, 6.07) is 0.752. The molecule has 1 N–H and O–H groups in total. The fraction of sp³-hybridized carbons (Fsp3) is 0.769. The lowest BCUT2D eigenvalue weighted by Gasteiger charge is -2.26. The third-order valence-electron chi connectivity index (χ3n) is 3.68. The first kappa shape index (κ1) is 18.7. The van der Waals surface area contributed by atoms with Crippen LogP contribution in [0, 0.1) is 0 Å².